The first-order chi connectivity index (χ1) is 8.56. The Bertz CT molecular complexity index is 521. The standard InChI is InChI=1S/C13H11Br2FN2/c1-8-4-10(7-18-13(8)15)17-6-9-2-3-11(14)12(16)5-9/h2-5,7,17H,6H2,1H3. The van der Waals surface area contributed by atoms with Gasteiger partial charge in [0.2, 0.25) is 0 Å². The van der Waals surface area contributed by atoms with Crippen LogP contribution in [-0.2, 0) is 6.54 Å². The summed E-state index contributed by atoms with van der Waals surface area (Å²) >= 11 is 6.48. The first kappa shape index (κ1) is 13.5. The highest BCUT2D eigenvalue weighted by Crippen LogP contribution is 2.19. The van der Waals surface area contributed by atoms with Crippen molar-refractivity contribution in [2.24, 2.45) is 0 Å². The fourth-order valence-corrected chi connectivity index (χ4v) is 1.97. The van der Waals surface area contributed by atoms with Gasteiger partial charge < -0.3 is 5.32 Å². The van der Waals surface area contributed by atoms with Crippen molar-refractivity contribution in [3.63, 3.8) is 0 Å². The molecular weight excluding hydrogens is 363 g/mol. The number of aromatic nitrogens is 1. The third kappa shape index (κ3) is 3.29. The van der Waals surface area contributed by atoms with E-state index in [1.807, 2.05) is 19.1 Å². The highest BCUT2D eigenvalue weighted by Gasteiger charge is 2.02. The molecular formula is C13H11Br2FN2. The van der Waals surface area contributed by atoms with Crippen molar-refractivity contribution in [1.29, 1.82) is 0 Å². The summed E-state index contributed by atoms with van der Waals surface area (Å²) in [5.41, 5.74) is 2.86. The van der Waals surface area contributed by atoms with E-state index in [1.54, 1.807) is 12.3 Å². The Morgan fingerprint density at radius 2 is 2.06 bits per heavy atom. The van der Waals surface area contributed by atoms with Crippen LogP contribution in [0.5, 0.6) is 0 Å². The van der Waals surface area contributed by atoms with Crippen LogP contribution >= 0.6 is 31.9 Å². The molecule has 0 bridgehead atoms. The summed E-state index contributed by atoms with van der Waals surface area (Å²) < 4.78 is 14.6. The molecule has 2 rings (SSSR count). The second kappa shape index (κ2) is 5.80. The number of pyridine rings is 1. The number of anilines is 1. The predicted molar refractivity (Wildman–Crippen MR) is 78.1 cm³/mol. The van der Waals surface area contributed by atoms with Crippen molar-refractivity contribution in [3.8, 4) is 0 Å². The molecule has 2 aromatic rings. The lowest BCUT2D eigenvalue weighted by molar-refractivity contribution is 0.619. The molecule has 0 spiro atoms. The number of nitrogens with zero attached hydrogens (tertiary/aromatic N) is 1. The van der Waals surface area contributed by atoms with Gasteiger partial charge in [-0.3, -0.25) is 0 Å². The molecule has 0 aliphatic heterocycles. The van der Waals surface area contributed by atoms with Gasteiger partial charge in [0.15, 0.2) is 0 Å². The van der Waals surface area contributed by atoms with Gasteiger partial charge in [0, 0.05) is 6.54 Å². The van der Waals surface area contributed by atoms with Crippen LogP contribution < -0.4 is 5.32 Å². The molecule has 18 heavy (non-hydrogen) atoms. The molecule has 1 N–H and O–H groups in total. The average Bonchev–Trinajstić information content (AvgIpc) is 2.35. The average molecular weight is 374 g/mol. The molecule has 0 aliphatic rings. The number of hydrogen-bond acceptors (Lipinski definition) is 2. The highest BCUT2D eigenvalue weighted by molar-refractivity contribution is 9.10. The minimum Gasteiger partial charge on any atom is -0.380 e. The Hall–Kier alpha value is -0.940. The van der Waals surface area contributed by atoms with Crippen LogP contribution in [0.1, 0.15) is 11.1 Å². The molecule has 1 heterocycles. The molecule has 0 aliphatic carbocycles. The molecule has 0 saturated carbocycles. The summed E-state index contributed by atoms with van der Waals surface area (Å²) in [6.45, 7) is 2.54. The highest BCUT2D eigenvalue weighted by atomic mass is 79.9. The zero-order chi connectivity index (χ0) is 13.1. The normalized spacial score (nSPS) is 10.4. The molecule has 0 fully saturated rings. The fourth-order valence-electron chi connectivity index (χ4n) is 1.51. The molecule has 1 aromatic heterocycles. The molecule has 2 nitrogen and oxygen atoms in total. The van der Waals surface area contributed by atoms with Gasteiger partial charge in [0.05, 0.1) is 16.4 Å². The molecule has 94 valence electrons. The van der Waals surface area contributed by atoms with Crippen molar-refractivity contribution in [2.45, 2.75) is 13.5 Å². The topological polar surface area (TPSA) is 24.9 Å². The smallest absolute Gasteiger partial charge is 0.137 e. The van der Waals surface area contributed by atoms with Gasteiger partial charge in [-0.15, -0.1) is 0 Å². The van der Waals surface area contributed by atoms with Crippen LogP contribution in [0.15, 0.2) is 39.5 Å². The van der Waals surface area contributed by atoms with Gasteiger partial charge in [-0.05, 0) is 68.1 Å². The summed E-state index contributed by atoms with van der Waals surface area (Å²) in [6.07, 6.45) is 1.74. The van der Waals surface area contributed by atoms with E-state index in [1.165, 1.54) is 6.07 Å². The van der Waals surface area contributed by atoms with Crippen LogP contribution in [0.25, 0.3) is 0 Å². The van der Waals surface area contributed by atoms with E-state index >= 15 is 0 Å². The molecule has 5 heteroatoms. The van der Waals surface area contributed by atoms with Gasteiger partial charge in [0.1, 0.15) is 10.4 Å². The van der Waals surface area contributed by atoms with Crippen LogP contribution in [0, 0.1) is 12.7 Å². The molecule has 0 atom stereocenters. The van der Waals surface area contributed by atoms with Gasteiger partial charge in [-0.25, -0.2) is 9.37 Å². The van der Waals surface area contributed by atoms with Crippen LogP contribution in [0.3, 0.4) is 0 Å². The lowest BCUT2D eigenvalue weighted by Gasteiger charge is -2.08. The number of rotatable bonds is 3. The first-order valence-electron chi connectivity index (χ1n) is 5.36. The Balaban J connectivity index is 2.06. The van der Waals surface area contributed by atoms with Crippen LogP contribution in [0.2, 0.25) is 0 Å². The zero-order valence-corrected chi connectivity index (χ0v) is 12.8. The SMILES string of the molecule is Cc1cc(NCc2ccc(Br)c(F)c2)cnc1Br. The second-order valence-electron chi connectivity index (χ2n) is 3.93. The lowest BCUT2D eigenvalue weighted by Crippen LogP contribution is -2.01. The van der Waals surface area contributed by atoms with E-state index in [0.717, 1.165) is 21.4 Å². The molecule has 0 radical (unpaired) electrons. The van der Waals surface area contributed by atoms with Gasteiger partial charge >= 0.3 is 0 Å². The Labute approximate surface area is 122 Å². The number of aryl methyl sites for hydroxylation is 1. The quantitative estimate of drug-likeness (QED) is 0.791. The Morgan fingerprint density at radius 1 is 1.28 bits per heavy atom. The summed E-state index contributed by atoms with van der Waals surface area (Å²) in [5.74, 6) is -0.251. The van der Waals surface area contributed by atoms with Gasteiger partial charge in [-0.1, -0.05) is 6.07 Å². The monoisotopic (exact) mass is 372 g/mol. The number of benzene rings is 1. The van der Waals surface area contributed by atoms with Crippen molar-refractivity contribution in [3.05, 3.63) is 56.5 Å². The van der Waals surface area contributed by atoms with Crippen LogP contribution in [-0.4, -0.2) is 4.98 Å². The zero-order valence-electron chi connectivity index (χ0n) is 9.67. The van der Waals surface area contributed by atoms with Crippen molar-refractivity contribution < 1.29 is 4.39 Å². The van der Waals surface area contributed by atoms with Gasteiger partial charge in [0.25, 0.3) is 0 Å². The Morgan fingerprint density at radius 3 is 2.72 bits per heavy atom. The number of nitrogens with one attached hydrogen (secondary N) is 1. The summed E-state index contributed by atoms with van der Waals surface area (Å²) in [5, 5.41) is 3.21. The van der Waals surface area contributed by atoms with E-state index in [0.29, 0.717) is 11.0 Å². The third-order valence-electron chi connectivity index (χ3n) is 2.50. The van der Waals surface area contributed by atoms with E-state index in [2.05, 4.69) is 42.2 Å². The van der Waals surface area contributed by atoms with Crippen molar-refractivity contribution >= 4 is 37.5 Å². The van der Waals surface area contributed by atoms with E-state index in [-0.39, 0.29) is 5.82 Å². The molecule has 0 saturated heterocycles. The number of hydrogen-bond donors (Lipinski definition) is 1. The van der Waals surface area contributed by atoms with E-state index < -0.39 is 0 Å². The van der Waals surface area contributed by atoms with E-state index in [9.17, 15) is 4.39 Å². The predicted octanol–water partition coefficient (Wildman–Crippen LogP) is 4.67. The first-order valence-corrected chi connectivity index (χ1v) is 6.95. The number of halogens is 3. The van der Waals surface area contributed by atoms with E-state index in [4.69, 9.17) is 0 Å². The summed E-state index contributed by atoms with van der Waals surface area (Å²) in [6, 6.07) is 7.08. The minimum atomic E-state index is -0.251. The molecule has 0 amide bonds. The summed E-state index contributed by atoms with van der Waals surface area (Å²) in [7, 11) is 0. The summed E-state index contributed by atoms with van der Waals surface area (Å²) in [4.78, 5) is 4.20. The largest absolute Gasteiger partial charge is 0.380 e. The second-order valence-corrected chi connectivity index (χ2v) is 5.54. The van der Waals surface area contributed by atoms with Crippen molar-refractivity contribution in [1.82, 2.24) is 4.98 Å². The maximum atomic E-state index is 13.3. The maximum Gasteiger partial charge on any atom is 0.137 e. The fraction of sp³-hybridized carbons (Fsp3) is 0.154. The van der Waals surface area contributed by atoms with Crippen LogP contribution in [0.4, 0.5) is 10.1 Å². The Kier molecular flexibility index (Phi) is 4.35. The molecule has 1 aromatic carbocycles. The molecule has 0 unspecified atom stereocenters. The minimum absolute atomic E-state index is 0.251. The lowest BCUT2D eigenvalue weighted by atomic mass is 10.2. The maximum absolute atomic E-state index is 13.3. The third-order valence-corrected chi connectivity index (χ3v) is 3.97. The van der Waals surface area contributed by atoms with Gasteiger partial charge in [-0.2, -0.15) is 0 Å². The van der Waals surface area contributed by atoms with Crippen molar-refractivity contribution in [2.75, 3.05) is 5.32 Å².